The van der Waals surface area contributed by atoms with Crippen LogP contribution in [0.25, 0.3) is 0 Å². The summed E-state index contributed by atoms with van der Waals surface area (Å²) >= 11 is 0. The Kier molecular flexibility index (Phi) is 2.03. The number of carbonyl (C=O) groups is 1. The van der Waals surface area contributed by atoms with Crippen LogP contribution >= 0.6 is 0 Å². The molecule has 1 aromatic rings. The highest BCUT2D eigenvalue weighted by Gasteiger charge is 2.44. The zero-order chi connectivity index (χ0) is 11.1. The number of anilines is 1. The lowest BCUT2D eigenvalue weighted by atomic mass is 10.0. The summed E-state index contributed by atoms with van der Waals surface area (Å²) in [6.07, 6.45) is -0.365. The van der Waals surface area contributed by atoms with Crippen molar-refractivity contribution in [2.45, 2.75) is 19.4 Å². The molecule has 3 nitrogen and oxygen atoms in total. The number of para-hydroxylation sites is 1. The first-order valence-electron chi connectivity index (χ1n) is 4.80. The molecule has 1 fully saturated rings. The van der Waals surface area contributed by atoms with Crippen LogP contribution in [0.2, 0.25) is 0 Å². The van der Waals surface area contributed by atoms with E-state index in [1.807, 2.05) is 44.2 Å². The second-order valence-electron chi connectivity index (χ2n) is 4.02. The quantitative estimate of drug-likeness (QED) is 0.702. The van der Waals surface area contributed by atoms with Gasteiger partial charge in [0.05, 0.1) is 0 Å². The Hall–Kier alpha value is -1.77. The first-order valence-corrected chi connectivity index (χ1v) is 4.80. The van der Waals surface area contributed by atoms with Crippen molar-refractivity contribution in [1.82, 2.24) is 0 Å². The summed E-state index contributed by atoms with van der Waals surface area (Å²) in [5.41, 5.74) is 0.337. The van der Waals surface area contributed by atoms with E-state index in [0.717, 1.165) is 5.69 Å². The van der Waals surface area contributed by atoms with E-state index >= 15 is 0 Å². The maximum Gasteiger partial charge on any atom is 0.420 e. The molecule has 1 saturated heterocycles. The Balaban J connectivity index is 2.45. The molecule has 0 atom stereocenters. The highest BCUT2D eigenvalue weighted by molar-refractivity contribution is 5.93. The predicted molar refractivity (Wildman–Crippen MR) is 58.6 cm³/mol. The van der Waals surface area contributed by atoms with E-state index in [1.165, 1.54) is 0 Å². The second-order valence-corrected chi connectivity index (χ2v) is 4.02. The SMILES string of the molecule is C=C1OC(=O)N(c2ccccc2)C1(C)C. The molecule has 1 aliphatic rings. The summed E-state index contributed by atoms with van der Waals surface area (Å²) < 4.78 is 5.04. The van der Waals surface area contributed by atoms with Gasteiger partial charge in [0.25, 0.3) is 0 Å². The first-order chi connectivity index (χ1) is 7.03. The van der Waals surface area contributed by atoms with Gasteiger partial charge >= 0.3 is 6.09 Å². The van der Waals surface area contributed by atoms with Crippen molar-refractivity contribution < 1.29 is 9.53 Å². The fourth-order valence-electron chi connectivity index (χ4n) is 1.63. The van der Waals surface area contributed by atoms with Gasteiger partial charge in [-0.3, -0.25) is 4.90 Å². The number of ether oxygens (including phenoxy) is 1. The van der Waals surface area contributed by atoms with Gasteiger partial charge in [0.2, 0.25) is 0 Å². The van der Waals surface area contributed by atoms with Gasteiger partial charge in [-0.15, -0.1) is 0 Å². The van der Waals surface area contributed by atoms with Crippen molar-refractivity contribution in [1.29, 1.82) is 0 Å². The third kappa shape index (κ3) is 1.40. The summed E-state index contributed by atoms with van der Waals surface area (Å²) in [7, 11) is 0. The molecule has 0 aromatic heterocycles. The van der Waals surface area contributed by atoms with E-state index < -0.39 is 5.54 Å². The summed E-state index contributed by atoms with van der Waals surface area (Å²) in [4.78, 5) is 13.3. The number of amides is 1. The molecule has 0 radical (unpaired) electrons. The van der Waals surface area contributed by atoms with Gasteiger partial charge in [-0.05, 0) is 26.0 Å². The number of hydrogen-bond acceptors (Lipinski definition) is 2. The minimum absolute atomic E-state index is 0.365. The van der Waals surface area contributed by atoms with Crippen molar-refractivity contribution in [2.24, 2.45) is 0 Å². The van der Waals surface area contributed by atoms with Crippen molar-refractivity contribution >= 4 is 11.8 Å². The van der Waals surface area contributed by atoms with E-state index in [2.05, 4.69) is 6.58 Å². The van der Waals surface area contributed by atoms with E-state index in [1.54, 1.807) is 4.90 Å². The summed E-state index contributed by atoms with van der Waals surface area (Å²) in [6, 6.07) is 9.44. The van der Waals surface area contributed by atoms with E-state index in [4.69, 9.17) is 4.74 Å². The van der Waals surface area contributed by atoms with Crippen LogP contribution in [0.3, 0.4) is 0 Å². The van der Waals surface area contributed by atoms with Gasteiger partial charge in [0, 0.05) is 5.69 Å². The maximum atomic E-state index is 11.6. The Bertz CT molecular complexity index is 409. The van der Waals surface area contributed by atoms with Crippen LogP contribution in [0, 0.1) is 0 Å². The highest BCUT2D eigenvalue weighted by Crippen LogP contribution is 2.36. The van der Waals surface area contributed by atoms with Crippen molar-refractivity contribution in [2.75, 3.05) is 4.90 Å². The zero-order valence-corrected chi connectivity index (χ0v) is 8.86. The average molecular weight is 203 g/mol. The second kappa shape index (κ2) is 3.12. The fraction of sp³-hybridized carbons (Fsp3) is 0.250. The Morgan fingerprint density at radius 1 is 1.27 bits per heavy atom. The minimum atomic E-state index is -0.488. The molecule has 0 spiro atoms. The monoisotopic (exact) mass is 203 g/mol. The molecule has 1 aliphatic heterocycles. The maximum absolute atomic E-state index is 11.6. The van der Waals surface area contributed by atoms with Crippen LogP contribution in [-0.4, -0.2) is 11.6 Å². The van der Waals surface area contributed by atoms with E-state index in [9.17, 15) is 4.79 Å². The molecule has 0 N–H and O–H groups in total. The lowest BCUT2D eigenvalue weighted by Gasteiger charge is -2.27. The normalized spacial score (nSPS) is 19.2. The van der Waals surface area contributed by atoms with Crippen LogP contribution < -0.4 is 4.90 Å². The molecule has 78 valence electrons. The lowest BCUT2D eigenvalue weighted by Crippen LogP contribution is -2.41. The number of benzene rings is 1. The van der Waals surface area contributed by atoms with Crippen molar-refractivity contribution in [3.8, 4) is 0 Å². The summed E-state index contributed by atoms with van der Waals surface area (Å²) in [5.74, 6) is 0.483. The average Bonchev–Trinajstić information content (AvgIpc) is 2.37. The molecule has 3 heteroatoms. The molecule has 0 aliphatic carbocycles. The third-order valence-corrected chi connectivity index (χ3v) is 2.65. The Morgan fingerprint density at radius 3 is 2.33 bits per heavy atom. The van der Waals surface area contributed by atoms with Crippen molar-refractivity contribution in [3.05, 3.63) is 42.7 Å². The number of hydrogen-bond donors (Lipinski definition) is 0. The van der Waals surface area contributed by atoms with Crippen LogP contribution in [0.1, 0.15) is 13.8 Å². The lowest BCUT2D eigenvalue weighted by molar-refractivity contribution is 0.198. The molecule has 1 amide bonds. The topological polar surface area (TPSA) is 29.5 Å². The number of nitrogens with zero attached hydrogens (tertiary/aromatic N) is 1. The van der Waals surface area contributed by atoms with Gasteiger partial charge in [-0.1, -0.05) is 24.8 Å². The first kappa shape index (κ1) is 9.77. The number of rotatable bonds is 1. The largest absolute Gasteiger partial charge is 0.420 e. The summed E-state index contributed by atoms with van der Waals surface area (Å²) in [5, 5.41) is 0. The van der Waals surface area contributed by atoms with Crippen LogP contribution in [0.5, 0.6) is 0 Å². The van der Waals surface area contributed by atoms with Gasteiger partial charge in [0.15, 0.2) is 0 Å². The van der Waals surface area contributed by atoms with Crippen LogP contribution in [-0.2, 0) is 4.74 Å². The molecule has 0 bridgehead atoms. The van der Waals surface area contributed by atoms with Gasteiger partial charge in [-0.2, -0.15) is 0 Å². The molecule has 15 heavy (non-hydrogen) atoms. The van der Waals surface area contributed by atoms with Crippen LogP contribution in [0.4, 0.5) is 10.5 Å². The smallest absolute Gasteiger partial charge is 0.413 e. The zero-order valence-electron chi connectivity index (χ0n) is 8.86. The molecule has 1 heterocycles. The molecule has 0 saturated carbocycles. The molecule has 2 rings (SSSR count). The molecular formula is C12H13NO2. The number of cyclic esters (lactones) is 1. The van der Waals surface area contributed by atoms with Gasteiger partial charge in [0.1, 0.15) is 11.3 Å². The minimum Gasteiger partial charge on any atom is -0.413 e. The fourth-order valence-corrected chi connectivity index (χ4v) is 1.63. The van der Waals surface area contributed by atoms with Crippen LogP contribution in [0.15, 0.2) is 42.7 Å². The van der Waals surface area contributed by atoms with Gasteiger partial charge in [-0.25, -0.2) is 4.79 Å². The van der Waals surface area contributed by atoms with E-state index in [0.29, 0.717) is 5.76 Å². The molecular weight excluding hydrogens is 190 g/mol. The molecule has 1 aromatic carbocycles. The molecule has 0 unspecified atom stereocenters. The highest BCUT2D eigenvalue weighted by atomic mass is 16.6. The standard InChI is InChI=1S/C12H13NO2/c1-9-12(2,3)13(11(14)15-9)10-7-5-4-6-8-10/h4-8H,1H2,2-3H3. The van der Waals surface area contributed by atoms with Crippen molar-refractivity contribution in [3.63, 3.8) is 0 Å². The predicted octanol–water partition coefficient (Wildman–Crippen LogP) is 2.94. The van der Waals surface area contributed by atoms with Gasteiger partial charge < -0.3 is 4.74 Å². The Labute approximate surface area is 89.0 Å². The number of carbonyl (C=O) groups excluding carboxylic acids is 1. The third-order valence-electron chi connectivity index (χ3n) is 2.65. The summed E-state index contributed by atoms with van der Waals surface area (Å²) in [6.45, 7) is 7.57. The Morgan fingerprint density at radius 2 is 1.87 bits per heavy atom. The van der Waals surface area contributed by atoms with E-state index in [-0.39, 0.29) is 6.09 Å².